The zero-order valence-corrected chi connectivity index (χ0v) is 15.8. The summed E-state index contributed by atoms with van der Waals surface area (Å²) in [4.78, 5) is 23.6. The van der Waals surface area contributed by atoms with Gasteiger partial charge in [0.1, 0.15) is 11.5 Å². The van der Waals surface area contributed by atoms with E-state index in [1.165, 1.54) is 0 Å². The van der Waals surface area contributed by atoms with Gasteiger partial charge in [0, 0.05) is 27.8 Å². The first-order valence-corrected chi connectivity index (χ1v) is 11.7. The summed E-state index contributed by atoms with van der Waals surface area (Å²) in [7, 11) is -1.68. The lowest BCUT2D eigenvalue weighted by atomic mass is 9.95. The third kappa shape index (κ3) is 2.82. The average molecular weight is 338 g/mol. The minimum absolute atomic E-state index is 0.0513. The maximum absolute atomic E-state index is 11.8. The van der Waals surface area contributed by atoms with Gasteiger partial charge in [-0.25, -0.2) is 0 Å². The molecule has 1 heterocycles. The Balaban J connectivity index is 2.25. The number of fused-ring (bicyclic) bond motifs is 2. The Hall–Kier alpha value is -2.20. The maximum Gasteiger partial charge on any atom is 0.159 e. The Kier molecular flexibility index (Phi) is 3.96. The smallest absolute Gasteiger partial charge is 0.159 e. The molecule has 0 saturated heterocycles. The first-order valence-electron chi connectivity index (χ1n) is 8.16. The van der Waals surface area contributed by atoms with Gasteiger partial charge < -0.3 is 4.74 Å². The van der Waals surface area contributed by atoms with Crippen LogP contribution in [0.5, 0.6) is 11.5 Å². The number of hydrogen-bond acceptors (Lipinski definition) is 3. The summed E-state index contributed by atoms with van der Waals surface area (Å²) in [6.07, 6.45) is 0. The van der Waals surface area contributed by atoms with Crippen LogP contribution in [0, 0.1) is 0 Å². The van der Waals surface area contributed by atoms with Gasteiger partial charge in [0.15, 0.2) is 11.6 Å². The van der Waals surface area contributed by atoms with Gasteiger partial charge >= 0.3 is 0 Å². The number of ketones is 2. The lowest BCUT2D eigenvalue weighted by molar-refractivity contribution is 0.100. The zero-order valence-electron chi connectivity index (χ0n) is 14.8. The lowest BCUT2D eigenvalue weighted by Crippen LogP contribution is -2.34. The fourth-order valence-corrected chi connectivity index (χ4v) is 5.71. The molecule has 1 aliphatic heterocycles. The van der Waals surface area contributed by atoms with Crippen molar-refractivity contribution in [1.82, 2.24) is 0 Å². The number of carbonyl (C=O) groups is 2. The zero-order chi connectivity index (χ0) is 17.6. The molecule has 0 radical (unpaired) electrons. The molecule has 0 saturated carbocycles. The second-order valence-corrected chi connectivity index (χ2v) is 12.8. The van der Waals surface area contributed by atoms with E-state index in [4.69, 9.17) is 4.74 Å². The number of carbonyl (C=O) groups excluding carboxylic acids is 2. The van der Waals surface area contributed by atoms with Crippen LogP contribution in [0.3, 0.4) is 0 Å². The fourth-order valence-electron chi connectivity index (χ4n) is 3.39. The van der Waals surface area contributed by atoms with E-state index in [9.17, 15) is 9.59 Å². The molecule has 0 bridgehead atoms. The van der Waals surface area contributed by atoms with Crippen LogP contribution >= 0.6 is 0 Å². The summed E-state index contributed by atoms with van der Waals surface area (Å²) in [5.41, 5.74) is 3.72. The number of ether oxygens (including phenoxy) is 1. The Labute approximate surface area is 143 Å². The van der Waals surface area contributed by atoms with Gasteiger partial charge in [-0.05, 0) is 50.2 Å². The number of rotatable bonds is 3. The third-order valence-corrected chi connectivity index (χ3v) is 6.89. The van der Waals surface area contributed by atoms with Gasteiger partial charge in [0.05, 0.1) is 8.07 Å². The highest BCUT2D eigenvalue weighted by atomic mass is 28.3. The monoisotopic (exact) mass is 338 g/mol. The Bertz CT molecular complexity index is 783. The van der Waals surface area contributed by atoms with Crippen molar-refractivity contribution in [3.8, 4) is 11.5 Å². The quantitative estimate of drug-likeness (QED) is 0.570. The van der Waals surface area contributed by atoms with E-state index in [1.54, 1.807) is 13.8 Å². The summed E-state index contributed by atoms with van der Waals surface area (Å²) < 4.78 is 6.07. The van der Waals surface area contributed by atoms with Crippen molar-refractivity contribution >= 4 is 19.6 Å². The maximum atomic E-state index is 11.8. The molecule has 0 aliphatic carbocycles. The lowest BCUT2D eigenvalue weighted by Gasteiger charge is -2.36. The fraction of sp³-hybridized carbons (Fsp3) is 0.300. The number of benzene rings is 2. The molecule has 0 amide bonds. The van der Waals surface area contributed by atoms with Crippen LogP contribution in [-0.4, -0.2) is 19.6 Å². The van der Waals surface area contributed by atoms with Gasteiger partial charge in [-0.1, -0.05) is 19.6 Å². The molecule has 1 aliphatic rings. The van der Waals surface area contributed by atoms with Gasteiger partial charge in [0.2, 0.25) is 0 Å². The highest BCUT2D eigenvalue weighted by Crippen LogP contribution is 2.48. The van der Waals surface area contributed by atoms with Crippen molar-refractivity contribution < 1.29 is 14.3 Å². The minimum atomic E-state index is -1.68. The van der Waals surface area contributed by atoms with Gasteiger partial charge in [-0.15, -0.1) is 0 Å². The molecule has 0 atom stereocenters. The molecule has 2 aromatic rings. The molecule has 24 heavy (non-hydrogen) atoms. The van der Waals surface area contributed by atoms with Crippen molar-refractivity contribution in [3.05, 3.63) is 58.7 Å². The molecule has 2 aromatic carbocycles. The minimum Gasteiger partial charge on any atom is -0.457 e. The van der Waals surface area contributed by atoms with Crippen molar-refractivity contribution in [2.45, 2.75) is 39.0 Å². The third-order valence-electron chi connectivity index (χ3n) is 4.54. The summed E-state index contributed by atoms with van der Waals surface area (Å²) in [5, 5.41) is 0. The topological polar surface area (TPSA) is 43.4 Å². The Morgan fingerprint density at radius 2 is 1.25 bits per heavy atom. The Morgan fingerprint density at radius 1 is 0.833 bits per heavy atom. The van der Waals surface area contributed by atoms with Crippen LogP contribution < -0.4 is 4.74 Å². The highest BCUT2D eigenvalue weighted by Gasteiger charge is 2.37. The molecule has 0 unspecified atom stereocenters. The van der Waals surface area contributed by atoms with Crippen molar-refractivity contribution in [1.29, 1.82) is 0 Å². The van der Waals surface area contributed by atoms with Crippen LogP contribution in [-0.2, 0) is 0 Å². The van der Waals surface area contributed by atoms with E-state index in [1.807, 2.05) is 36.4 Å². The van der Waals surface area contributed by atoms with Crippen LogP contribution in [0.4, 0.5) is 0 Å². The van der Waals surface area contributed by atoms with E-state index in [0.29, 0.717) is 11.1 Å². The standard InChI is InChI=1S/C20H22O3Si/c1-12(21)14-6-8-18-16(10-14)20(24(3,4)5)17-11-15(13(2)22)7-9-19(17)23-18/h6-11,20H,1-5H3. The van der Waals surface area contributed by atoms with Crippen molar-refractivity contribution in [3.63, 3.8) is 0 Å². The second kappa shape index (κ2) is 5.71. The van der Waals surface area contributed by atoms with E-state index in [-0.39, 0.29) is 17.1 Å². The van der Waals surface area contributed by atoms with Gasteiger partial charge in [-0.3, -0.25) is 9.59 Å². The highest BCUT2D eigenvalue weighted by molar-refractivity contribution is 6.78. The largest absolute Gasteiger partial charge is 0.457 e. The molecule has 0 N–H and O–H groups in total. The second-order valence-electron chi connectivity index (χ2n) is 7.52. The van der Waals surface area contributed by atoms with Gasteiger partial charge in [0.25, 0.3) is 0 Å². The van der Waals surface area contributed by atoms with Crippen LogP contribution in [0.2, 0.25) is 19.6 Å². The Morgan fingerprint density at radius 3 is 1.58 bits per heavy atom. The molecule has 124 valence electrons. The van der Waals surface area contributed by atoms with Crippen molar-refractivity contribution in [2.75, 3.05) is 0 Å². The van der Waals surface area contributed by atoms with E-state index in [2.05, 4.69) is 19.6 Å². The summed E-state index contributed by atoms with van der Waals surface area (Å²) >= 11 is 0. The molecular weight excluding hydrogens is 316 g/mol. The molecular formula is C20H22O3Si. The predicted molar refractivity (Wildman–Crippen MR) is 98.2 cm³/mol. The molecule has 3 nitrogen and oxygen atoms in total. The van der Waals surface area contributed by atoms with Crippen LogP contribution in [0.1, 0.15) is 51.2 Å². The normalized spacial score (nSPS) is 13.7. The predicted octanol–water partition coefficient (Wildman–Crippen LogP) is 5.21. The summed E-state index contributed by atoms with van der Waals surface area (Å²) in [6.45, 7) is 10.1. The molecule has 0 spiro atoms. The molecule has 3 rings (SSSR count). The average Bonchev–Trinajstić information content (AvgIpc) is 2.49. The van der Waals surface area contributed by atoms with Crippen LogP contribution in [0.25, 0.3) is 0 Å². The first kappa shape index (κ1) is 16.6. The molecule has 4 heteroatoms. The summed E-state index contributed by atoms with van der Waals surface area (Å²) in [5.74, 6) is 1.73. The van der Waals surface area contributed by atoms with Crippen LogP contribution in [0.15, 0.2) is 36.4 Å². The molecule has 0 aromatic heterocycles. The van der Waals surface area contributed by atoms with E-state index in [0.717, 1.165) is 22.6 Å². The number of hydrogen-bond donors (Lipinski definition) is 0. The molecule has 0 fully saturated rings. The van der Waals surface area contributed by atoms with E-state index < -0.39 is 8.07 Å². The first-order chi connectivity index (χ1) is 11.2. The van der Waals surface area contributed by atoms with E-state index >= 15 is 0 Å². The van der Waals surface area contributed by atoms with Gasteiger partial charge in [-0.2, -0.15) is 0 Å². The number of Topliss-reactive ketones (excluding diaryl/α,β-unsaturated/α-hetero) is 2. The van der Waals surface area contributed by atoms with Crippen molar-refractivity contribution in [2.24, 2.45) is 0 Å². The summed E-state index contributed by atoms with van der Waals surface area (Å²) in [6, 6.07) is 11.3. The SMILES string of the molecule is CC(=O)c1ccc2c(c1)C([Si](C)(C)C)c1cc(C(C)=O)ccc1O2.